The molecule has 1 atom stereocenters. The Balaban J connectivity index is 1.81. The van der Waals surface area contributed by atoms with Gasteiger partial charge in [-0.25, -0.2) is 4.39 Å². The first-order valence-electron chi connectivity index (χ1n) is 7.50. The van der Waals surface area contributed by atoms with Gasteiger partial charge < -0.3 is 14.8 Å². The first kappa shape index (κ1) is 18.1. The Bertz CT molecular complexity index is 691. The molecule has 0 saturated carbocycles. The lowest BCUT2D eigenvalue weighted by Gasteiger charge is -2.15. The third-order valence-corrected chi connectivity index (χ3v) is 3.72. The molecular formula is C18H19ClFNO3. The van der Waals surface area contributed by atoms with E-state index in [2.05, 4.69) is 5.32 Å². The van der Waals surface area contributed by atoms with Gasteiger partial charge in [0.05, 0.1) is 26.2 Å². The van der Waals surface area contributed by atoms with Crippen molar-refractivity contribution in [2.24, 2.45) is 0 Å². The molecule has 128 valence electrons. The van der Waals surface area contributed by atoms with Crippen LogP contribution in [0, 0.1) is 5.82 Å². The standard InChI is InChI=1S/C18H19ClFNO3/c1-12(13-3-8-17(23-2)16(20)11-13)21-18(22)9-10-24-15-6-4-14(19)5-7-15/h3-8,11-12H,9-10H2,1-2H3,(H,21,22)/t12-/m1/s1. The zero-order valence-corrected chi connectivity index (χ0v) is 14.3. The van der Waals surface area contributed by atoms with E-state index < -0.39 is 5.82 Å². The van der Waals surface area contributed by atoms with Gasteiger partial charge in [-0.15, -0.1) is 0 Å². The maximum absolute atomic E-state index is 13.7. The van der Waals surface area contributed by atoms with Crippen LogP contribution in [-0.2, 0) is 4.79 Å². The fourth-order valence-corrected chi connectivity index (χ4v) is 2.27. The van der Waals surface area contributed by atoms with Gasteiger partial charge in [-0.05, 0) is 48.9 Å². The van der Waals surface area contributed by atoms with Crippen molar-refractivity contribution in [2.75, 3.05) is 13.7 Å². The summed E-state index contributed by atoms with van der Waals surface area (Å²) in [6.07, 6.45) is 0.200. The molecule has 1 N–H and O–H groups in total. The quantitative estimate of drug-likeness (QED) is 0.815. The highest BCUT2D eigenvalue weighted by atomic mass is 35.5. The van der Waals surface area contributed by atoms with Crippen LogP contribution in [0.2, 0.25) is 5.02 Å². The van der Waals surface area contributed by atoms with Gasteiger partial charge in [0.25, 0.3) is 0 Å². The lowest BCUT2D eigenvalue weighted by atomic mass is 10.1. The predicted molar refractivity (Wildman–Crippen MR) is 91.1 cm³/mol. The Morgan fingerprint density at radius 1 is 1.25 bits per heavy atom. The maximum atomic E-state index is 13.7. The van der Waals surface area contributed by atoms with Gasteiger partial charge in [-0.2, -0.15) is 0 Å². The van der Waals surface area contributed by atoms with E-state index in [9.17, 15) is 9.18 Å². The molecule has 0 fully saturated rings. The number of nitrogens with one attached hydrogen (secondary N) is 1. The smallest absolute Gasteiger partial charge is 0.223 e. The molecule has 0 radical (unpaired) electrons. The molecule has 4 nitrogen and oxygen atoms in total. The second-order valence-electron chi connectivity index (χ2n) is 5.24. The zero-order valence-electron chi connectivity index (χ0n) is 13.5. The first-order chi connectivity index (χ1) is 11.5. The van der Waals surface area contributed by atoms with Gasteiger partial charge in [0.2, 0.25) is 5.91 Å². The van der Waals surface area contributed by atoms with Crippen LogP contribution >= 0.6 is 11.6 Å². The summed E-state index contributed by atoms with van der Waals surface area (Å²) in [6, 6.07) is 11.2. The first-order valence-corrected chi connectivity index (χ1v) is 7.88. The highest BCUT2D eigenvalue weighted by Gasteiger charge is 2.12. The highest BCUT2D eigenvalue weighted by molar-refractivity contribution is 6.30. The summed E-state index contributed by atoms with van der Waals surface area (Å²) < 4.78 is 24.0. The number of amides is 1. The van der Waals surface area contributed by atoms with Crippen molar-refractivity contribution in [3.8, 4) is 11.5 Å². The van der Waals surface area contributed by atoms with Crippen LogP contribution in [0.25, 0.3) is 0 Å². The van der Waals surface area contributed by atoms with Crippen LogP contribution < -0.4 is 14.8 Å². The number of benzene rings is 2. The monoisotopic (exact) mass is 351 g/mol. The number of methoxy groups -OCH3 is 1. The van der Waals surface area contributed by atoms with E-state index in [4.69, 9.17) is 21.1 Å². The average molecular weight is 352 g/mol. The van der Waals surface area contributed by atoms with E-state index in [0.29, 0.717) is 16.3 Å². The molecule has 0 heterocycles. The summed E-state index contributed by atoms with van der Waals surface area (Å²) in [5.41, 5.74) is 0.667. The highest BCUT2D eigenvalue weighted by Crippen LogP contribution is 2.21. The molecule has 2 aromatic rings. The number of carbonyl (C=O) groups is 1. The molecular weight excluding hydrogens is 333 g/mol. The summed E-state index contributed by atoms with van der Waals surface area (Å²) in [5, 5.41) is 3.43. The molecule has 0 unspecified atom stereocenters. The van der Waals surface area contributed by atoms with Gasteiger partial charge in [0.15, 0.2) is 11.6 Å². The molecule has 6 heteroatoms. The van der Waals surface area contributed by atoms with E-state index in [1.165, 1.54) is 19.2 Å². The van der Waals surface area contributed by atoms with Crippen LogP contribution in [-0.4, -0.2) is 19.6 Å². The third-order valence-electron chi connectivity index (χ3n) is 3.46. The van der Waals surface area contributed by atoms with Gasteiger partial charge >= 0.3 is 0 Å². The summed E-state index contributed by atoms with van der Waals surface area (Å²) in [4.78, 5) is 11.9. The van der Waals surface area contributed by atoms with Crippen LogP contribution in [0.15, 0.2) is 42.5 Å². The molecule has 0 saturated heterocycles. The largest absolute Gasteiger partial charge is 0.494 e. The summed E-state index contributed by atoms with van der Waals surface area (Å²) in [6.45, 7) is 2.04. The Morgan fingerprint density at radius 2 is 1.96 bits per heavy atom. The number of carbonyl (C=O) groups excluding carboxylic acids is 1. The van der Waals surface area contributed by atoms with E-state index in [1.54, 1.807) is 37.3 Å². The van der Waals surface area contributed by atoms with Crippen LogP contribution in [0.5, 0.6) is 11.5 Å². The average Bonchev–Trinajstić information content (AvgIpc) is 2.56. The Hall–Kier alpha value is -2.27. The number of ether oxygens (including phenoxy) is 2. The fraction of sp³-hybridized carbons (Fsp3) is 0.278. The molecule has 0 aromatic heterocycles. The predicted octanol–water partition coefficient (Wildman–Crippen LogP) is 4.13. The van der Waals surface area contributed by atoms with Crippen molar-refractivity contribution < 1.29 is 18.7 Å². The number of halogens is 2. The molecule has 0 spiro atoms. The Kier molecular flexibility index (Phi) is 6.44. The second kappa shape index (κ2) is 8.55. The van der Waals surface area contributed by atoms with Crippen LogP contribution in [0.4, 0.5) is 4.39 Å². The summed E-state index contributed by atoms with van der Waals surface area (Å²) >= 11 is 5.79. The number of hydrogen-bond donors (Lipinski definition) is 1. The molecule has 1 amide bonds. The van der Waals surface area contributed by atoms with E-state index in [-0.39, 0.29) is 30.7 Å². The minimum atomic E-state index is -0.456. The van der Waals surface area contributed by atoms with Gasteiger partial charge in [0, 0.05) is 5.02 Å². The lowest BCUT2D eigenvalue weighted by Crippen LogP contribution is -2.27. The minimum absolute atomic E-state index is 0.173. The lowest BCUT2D eigenvalue weighted by molar-refractivity contribution is -0.122. The second-order valence-corrected chi connectivity index (χ2v) is 5.67. The normalized spacial score (nSPS) is 11.7. The Labute approximate surface area is 145 Å². The third kappa shape index (κ3) is 5.13. The molecule has 0 aliphatic carbocycles. The molecule has 0 aliphatic rings. The summed E-state index contributed by atoms with van der Waals surface area (Å²) in [5.74, 6) is 0.195. The van der Waals surface area contributed by atoms with E-state index >= 15 is 0 Å². The van der Waals surface area contributed by atoms with Gasteiger partial charge in [0.1, 0.15) is 5.75 Å². The van der Waals surface area contributed by atoms with Gasteiger partial charge in [-0.1, -0.05) is 17.7 Å². The van der Waals surface area contributed by atoms with E-state index in [0.717, 1.165) is 0 Å². The fourth-order valence-electron chi connectivity index (χ4n) is 2.14. The molecule has 2 rings (SSSR count). The van der Waals surface area contributed by atoms with Crippen molar-refractivity contribution >= 4 is 17.5 Å². The number of hydrogen-bond acceptors (Lipinski definition) is 3. The molecule has 2 aromatic carbocycles. The zero-order chi connectivity index (χ0) is 17.5. The van der Waals surface area contributed by atoms with E-state index in [1.807, 2.05) is 0 Å². The summed E-state index contributed by atoms with van der Waals surface area (Å²) in [7, 11) is 1.41. The van der Waals surface area contributed by atoms with Crippen molar-refractivity contribution in [3.63, 3.8) is 0 Å². The van der Waals surface area contributed by atoms with Crippen molar-refractivity contribution in [3.05, 3.63) is 58.9 Å². The SMILES string of the molecule is COc1ccc([C@@H](C)NC(=O)CCOc2ccc(Cl)cc2)cc1F. The minimum Gasteiger partial charge on any atom is -0.494 e. The van der Waals surface area contributed by atoms with Crippen LogP contribution in [0.1, 0.15) is 24.9 Å². The molecule has 0 bridgehead atoms. The van der Waals surface area contributed by atoms with Crippen LogP contribution in [0.3, 0.4) is 0 Å². The van der Waals surface area contributed by atoms with Crippen molar-refractivity contribution in [1.29, 1.82) is 0 Å². The van der Waals surface area contributed by atoms with Crippen molar-refractivity contribution in [2.45, 2.75) is 19.4 Å². The van der Waals surface area contributed by atoms with Crippen molar-refractivity contribution in [1.82, 2.24) is 5.32 Å². The topological polar surface area (TPSA) is 47.6 Å². The molecule has 0 aliphatic heterocycles. The van der Waals surface area contributed by atoms with Gasteiger partial charge in [-0.3, -0.25) is 4.79 Å². The molecule has 24 heavy (non-hydrogen) atoms. The maximum Gasteiger partial charge on any atom is 0.223 e. The number of rotatable bonds is 7. The Morgan fingerprint density at radius 3 is 2.58 bits per heavy atom.